The molecule has 0 unspecified atom stereocenters. The first-order valence-corrected chi connectivity index (χ1v) is 4.79. The van der Waals surface area contributed by atoms with Gasteiger partial charge in [-0.2, -0.15) is 5.26 Å². The maximum atomic E-state index is 8.70. The van der Waals surface area contributed by atoms with Gasteiger partial charge in [-0.3, -0.25) is 0 Å². The second-order valence-corrected chi connectivity index (χ2v) is 3.47. The Balaban J connectivity index is 2.39. The number of aromatic nitrogens is 1. The van der Waals surface area contributed by atoms with Gasteiger partial charge in [0.1, 0.15) is 11.8 Å². The van der Waals surface area contributed by atoms with Crippen LogP contribution in [0.25, 0.3) is 0 Å². The molecule has 66 valence electrons. The maximum absolute atomic E-state index is 8.70. The lowest BCUT2D eigenvalue weighted by atomic mass is 10.1. The minimum atomic E-state index is 0.556. The average molecular weight is 172 g/mol. The van der Waals surface area contributed by atoms with Crippen LogP contribution in [-0.2, 0) is 12.8 Å². The second kappa shape index (κ2) is 3.57. The summed E-state index contributed by atoms with van der Waals surface area (Å²) in [6.45, 7) is 0. The Morgan fingerprint density at radius 2 is 2.00 bits per heavy atom. The van der Waals surface area contributed by atoms with E-state index in [-0.39, 0.29) is 0 Å². The van der Waals surface area contributed by atoms with Crippen molar-refractivity contribution in [1.29, 1.82) is 5.26 Å². The lowest BCUT2D eigenvalue weighted by Crippen LogP contribution is -1.96. The van der Waals surface area contributed by atoms with Crippen LogP contribution in [0.5, 0.6) is 0 Å². The normalized spacial score (nSPS) is 15.6. The van der Waals surface area contributed by atoms with Gasteiger partial charge in [0, 0.05) is 5.69 Å². The first kappa shape index (κ1) is 8.25. The molecule has 1 aromatic heterocycles. The molecule has 0 aromatic carbocycles. The van der Waals surface area contributed by atoms with Crippen molar-refractivity contribution in [2.45, 2.75) is 32.1 Å². The summed E-state index contributed by atoms with van der Waals surface area (Å²) in [7, 11) is 0. The van der Waals surface area contributed by atoms with E-state index < -0.39 is 0 Å². The van der Waals surface area contributed by atoms with Crippen LogP contribution < -0.4 is 0 Å². The van der Waals surface area contributed by atoms with Crippen LogP contribution in [0.3, 0.4) is 0 Å². The van der Waals surface area contributed by atoms with E-state index >= 15 is 0 Å². The SMILES string of the molecule is N#Cc1ccc2c(n1)CCCCC2. The van der Waals surface area contributed by atoms with Crippen LogP contribution in [-0.4, -0.2) is 4.98 Å². The van der Waals surface area contributed by atoms with E-state index in [0.717, 1.165) is 18.5 Å². The van der Waals surface area contributed by atoms with Crippen LogP contribution in [0, 0.1) is 11.3 Å². The third-order valence-corrected chi connectivity index (χ3v) is 2.54. The lowest BCUT2D eigenvalue weighted by Gasteiger charge is -2.03. The molecule has 1 heterocycles. The van der Waals surface area contributed by atoms with E-state index in [9.17, 15) is 0 Å². The number of nitriles is 1. The van der Waals surface area contributed by atoms with Crippen LogP contribution in [0.15, 0.2) is 12.1 Å². The Morgan fingerprint density at radius 3 is 2.85 bits per heavy atom. The molecule has 13 heavy (non-hydrogen) atoms. The summed E-state index contributed by atoms with van der Waals surface area (Å²) < 4.78 is 0. The zero-order valence-corrected chi connectivity index (χ0v) is 7.58. The molecule has 1 aliphatic rings. The molecule has 0 bridgehead atoms. The highest BCUT2D eigenvalue weighted by atomic mass is 14.7. The molecule has 1 aliphatic carbocycles. The van der Waals surface area contributed by atoms with Crippen LogP contribution in [0.1, 0.15) is 36.2 Å². The monoisotopic (exact) mass is 172 g/mol. The smallest absolute Gasteiger partial charge is 0.140 e. The molecule has 0 amide bonds. The van der Waals surface area contributed by atoms with Gasteiger partial charge < -0.3 is 0 Å². The summed E-state index contributed by atoms with van der Waals surface area (Å²) in [6.07, 6.45) is 5.95. The van der Waals surface area contributed by atoms with Crippen molar-refractivity contribution in [2.75, 3.05) is 0 Å². The molecule has 2 rings (SSSR count). The van der Waals surface area contributed by atoms with E-state index in [0.29, 0.717) is 5.69 Å². The molecule has 0 radical (unpaired) electrons. The largest absolute Gasteiger partial charge is 0.242 e. The molecular formula is C11H12N2. The van der Waals surface area contributed by atoms with Gasteiger partial charge in [-0.1, -0.05) is 12.5 Å². The number of hydrogen-bond donors (Lipinski definition) is 0. The Bertz CT molecular complexity index is 350. The van der Waals surface area contributed by atoms with Crippen molar-refractivity contribution < 1.29 is 0 Å². The molecule has 0 N–H and O–H groups in total. The Labute approximate surface area is 78.2 Å². The van der Waals surface area contributed by atoms with E-state index in [1.807, 2.05) is 6.07 Å². The molecule has 0 atom stereocenters. The van der Waals surface area contributed by atoms with Crippen LogP contribution >= 0.6 is 0 Å². The van der Waals surface area contributed by atoms with Crippen molar-refractivity contribution in [3.8, 4) is 6.07 Å². The van der Waals surface area contributed by atoms with E-state index in [2.05, 4.69) is 17.1 Å². The van der Waals surface area contributed by atoms with E-state index in [1.54, 1.807) is 0 Å². The summed E-state index contributed by atoms with van der Waals surface area (Å²) in [4.78, 5) is 4.33. The number of fused-ring (bicyclic) bond motifs is 1. The van der Waals surface area contributed by atoms with Crippen LogP contribution in [0.2, 0.25) is 0 Å². The molecular weight excluding hydrogens is 160 g/mol. The Kier molecular flexibility index (Phi) is 2.27. The quantitative estimate of drug-likeness (QED) is 0.562. The van der Waals surface area contributed by atoms with Gasteiger partial charge in [0.05, 0.1) is 0 Å². The highest BCUT2D eigenvalue weighted by Crippen LogP contribution is 2.18. The third-order valence-electron chi connectivity index (χ3n) is 2.54. The maximum Gasteiger partial charge on any atom is 0.140 e. The first-order chi connectivity index (χ1) is 6.40. The molecule has 0 spiro atoms. The standard InChI is InChI=1S/C11H12N2/c12-8-10-7-6-9-4-2-1-3-5-11(9)13-10/h6-7H,1-5H2. The molecule has 0 fully saturated rings. The molecule has 0 saturated carbocycles. The van der Waals surface area contributed by atoms with Crippen molar-refractivity contribution in [2.24, 2.45) is 0 Å². The summed E-state index contributed by atoms with van der Waals surface area (Å²) in [5, 5.41) is 8.70. The number of aryl methyl sites for hydroxylation is 2. The van der Waals surface area contributed by atoms with Gasteiger partial charge >= 0.3 is 0 Å². The van der Waals surface area contributed by atoms with Gasteiger partial charge in [0.25, 0.3) is 0 Å². The molecule has 2 heteroatoms. The fourth-order valence-electron chi connectivity index (χ4n) is 1.82. The van der Waals surface area contributed by atoms with Gasteiger partial charge in [-0.05, 0) is 37.3 Å². The number of pyridine rings is 1. The van der Waals surface area contributed by atoms with Gasteiger partial charge in [-0.15, -0.1) is 0 Å². The Morgan fingerprint density at radius 1 is 1.15 bits per heavy atom. The number of nitrogens with zero attached hydrogens (tertiary/aromatic N) is 2. The molecule has 0 saturated heterocycles. The molecule has 2 nitrogen and oxygen atoms in total. The lowest BCUT2D eigenvalue weighted by molar-refractivity contribution is 0.708. The third kappa shape index (κ3) is 1.70. The zero-order chi connectivity index (χ0) is 9.10. The summed E-state index contributed by atoms with van der Waals surface area (Å²) in [5.74, 6) is 0. The van der Waals surface area contributed by atoms with Gasteiger partial charge in [0.15, 0.2) is 0 Å². The topological polar surface area (TPSA) is 36.7 Å². The fourth-order valence-corrected chi connectivity index (χ4v) is 1.82. The predicted molar refractivity (Wildman–Crippen MR) is 50.2 cm³/mol. The number of rotatable bonds is 0. The minimum absolute atomic E-state index is 0.556. The second-order valence-electron chi connectivity index (χ2n) is 3.47. The summed E-state index contributed by atoms with van der Waals surface area (Å²) in [6, 6.07) is 5.97. The molecule has 0 aliphatic heterocycles. The fraction of sp³-hybridized carbons (Fsp3) is 0.455. The highest BCUT2D eigenvalue weighted by Gasteiger charge is 2.09. The van der Waals surface area contributed by atoms with Gasteiger partial charge in [-0.25, -0.2) is 4.98 Å². The van der Waals surface area contributed by atoms with Crippen molar-refractivity contribution in [1.82, 2.24) is 4.98 Å². The first-order valence-electron chi connectivity index (χ1n) is 4.79. The predicted octanol–water partition coefficient (Wildman–Crippen LogP) is 2.22. The van der Waals surface area contributed by atoms with Crippen molar-refractivity contribution in [3.05, 3.63) is 29.1 Å². The van der Waals surface area contributed by atoms with E-state index in [4.69, 9.17) is 5.26 Å². The van der Waals surface area contributed by atoms with Crippen molar-refractivity contribution >= 4 is 0 Å². The summed E-state index contributed by atoms with van der Waals surface area (Å²) >= 11 is 0. The van der Waals surface area contributed by atoms with E-state index in [1.165, 1.54) is 24.8 Å². The zero-order valence-electron chi connectivity index (χ0n) is 7.58. The average Bonchev–Trinajstić information content (AvgIpc) is 2.41. The number of hydrogen-bond acceptors (Lipinski definition) is 2. The van der Waals surface area contributed by atoms with Gasteiger partial charge in [0.2, 0.25) is 0 Å². The van der Waals surface area contributed by atoms with Crippen molar-refractivity contribution in [3.63, 3.8) is 0 Å². The Hall–Kier alpha value is -1.36. The summed E-state index contributed by atoms with van der Waals surface area (Å²) in [5.41, 5.74) is 3.05. The molecule has 1 aromatic rings. The minimum Gasteiger partial charge on any atom is -0.242 e. The highest BCUT2D eigenvalue weighted by molar-refractivity contribution is 5.29. The van der Waals surface area contributed by atoms with Crippen LogP contribution in [0.4, 0.5) is 0 Å².